The predicted octanol–water partition coefficient (Wildman–Crippen LogP) is 2.78. The van der Waals surface area contributed by atoms with E-state index in [-0.39, 0.29) is 29.8 Å². The molecule has 27 heavy (non-hydrogen) atoms. The standard InChI is InChI=1S/C20H24FN5O/c1-25(14-6-5-11-26(13-14)19-9-4-10-22-24-19)20(27)23-18-12-16(18)15-7-2-3-8-17(15)21/h2-4,7-10,14,16,18H,5-6,11-13H2,1H3,(H,23,27)/t14-,16-,18+/m1/s1. The van der Waals surface area contributed by atoms with Crippen molar-refractivity contribution < 1.29 is 9.18 Å². The Balaban J connectivity index is 1.33. The Morgan fingerprint density at radius 1 is 1.30 bits per heavy atom. The van der Waals surface area contributed by atoms with Crippen molar-refractivity contribution in [2.24, 2.45) is 0 Å². The Labute approximate surface area is 158 Å². The lowest BCUT2D eigenvalue weighted by atomic mass is 10.0. The molecule has 1 saturated heterocycles. The summed E-state index contributed by atoms with van der Waals surface area (Å²) in [5.74, 6) is 0.725. The maximum Gasteiger partial charge on any atom is 0.317 e. The van der Waals surface area contributed by atoms with E-state index in [0.717, 1.165) is 38.2 Å². The van der Waals surface area contributed by atoms with Crippen LogP contribution in [-0.2, 0) is 0 Å². The summed E-state index contributed by atoms with van der Waals surface area (Å²) in [4.78, 5) is 16.6. The number of benzene rings is 1. The normalized spacial score (nSPS) is 24.4. The van der Waals surface area contributed by atoms with Crippen LogP contribution in [0.2, 0.25) is 0 Å². The Hall–Kier alpha value is -2.70. The number of hydrogen-bond donors (Lipinski definition) is 1. The molecule has 0 spiro atoms. The van der Waals surface area contributed by atoms with Gasteiger partial charge in [-0.15, -0.1) is 5.10 Å². The van der Waals surface area contributed by atoms with Gasteiger partial charge in [0.05, 0.1) is 6.04 Å². The number of amides is 2. The minimum absolute atomic E-state index is 0.0107. The molecule has 2 amide bonds. The van der Waals surface area contributed by atoms with Gasteiger partial charge in [0.1, 0.15) is 5.82 Å². The van der Waals surface area contributed by atoms with E-state index in [1.807, 2.05) is 25.2 Å². The zero-order chi connectivity index (χ0) is 18.8. The summed E-state index contributed by atoms with van der Waals surface area (Å²) >= 11 is 0. The van der Waals surface area contributed by atoms with Crippen LogP contribution in [0.3, 0.4) is 0 Å². The van der Waals surface area contributed by atoms with Crippen LogP contribution in [0.15, 0.2) is 42.6 Å². The van der Waals surface area contributed by atoms with E-state index < -0.39 is 0 Å². The number of halogens is 1. The third-order valence-corrected chi connectivity index (χ3v) is 5.55. The molecule has 4 rings (SSSR count). The van der Waals surface area contributed by atoms with Crippen LogP contribution < -0.4 is 10.2 Å². The van der Waals surface area contributed by atoms with Crippen molar-refractivity contribution in [1.82, 2.24) is 20.4 Å². The van der Waals surface area contributed by atoms with Crippen molar-refractivity contribution in [1.29, 1.82) is 0 Å². The second-order valence-electron chi connectivity index (χ2n) is 7.35. The SMILES string of the molecule is CN(C(=O)N[C@H]1C[C@@H]1c1ccccc1F)[C@@H]1CCCN(c2cccnn2)C1. The van der Waals surface area contributed by atoms with E-state index in [9.17, 15) is 9.18 Å². The zero-order valence-electron chi connectivity index (χ0n) is 15.4. The Morgan fingerprint density at radius 2 is 2.15 bits per heavy atom. The van der Waals surface area contributed by atoms with Crippen LogP contribution in [0, 0.1) is 5.82 Å². The summed E-state index contributed by atoms with van der Waals surface area (Å²) in [6.07, 6.45) is 4.41. The number of likely N-dealkylation sites (N-methyl/N-ethyl adjacent to an activating group) is 1. The van der Waals surface area contributed by atoms with Crippen LogP contribution >= 0.6 is 0 Å². The minimum Gasteiger partial charge on any atom is -0.353 e. The summed E-state index contributed by atoms with van der Waals surface area (Å²) in [6.45, 7) is 1.66. The molecule has 0 bridgehead atoms. The molecule has 2 aromatic rings. The van der Waals surface area contributed by atoms with Gasteiger partial charge < -0.3 is 15.1 Å². The Morgan fingerprint density at radius 3 is 2.93 bits per heavy atom. The fraction of sp³-hybridized carbons (Fsp3) is 0.450. The van der Waals surface area contributed by atoms with Gasteiger partial charge in [-0.05, 0) is 43.0 Å². The quantitative estimate of drug-likeness (QED) is 0.900. The minimum atomic E-state index is -0.195. The average Bonchev–Trinajstić information content (AvgIpc) is 3.47. The monoisotopic (exact) mass is 369 g/mol. The smallest absolute Gasteiger partial charge is 0.317 e. The fourth-order valence-corrected chi connectivity index (χ4v) is 3.84. The number of piperidine rings is 1. The first kappa shape index (κ1) is 17.7. The number of rotatable bonds is 4. The summed E-state index contributed by atoms with van der Waals surface area (Å²) < 4.78 is 13.9. The number of carbonyl (C=O) groups excluding carboxylic acids is 1. The highest BCUT2D eigenvalue weighted by molar-refractivity contribution is 5.75. The maximum absolute atomic E-state index is 13.9. The molecule has 1 aromatic carbocycles. The molecule has 3 atom stereocenters. The molecule has 7 heteroatoms. The van der Waals surface area contributed by atoms with E-state index in [1.165, 1.54) is 6.07 Å². The number of urea groups is 1. The summed E-state index contributed by atoms with van der Waals surface area (Å²) in [5.41, 5.74) is 0.692. The van der Waals surface area contributed by atoms with Gasteiger partial charge in [0.25, 0.3) is 0 Å². The zero-order valence-corrected chi connectivity index (χ0v) is 15.4. The number of hydrogen-bond acceptors (Lipinski definition) is 4. The summed E-state index contributed by atoms with van der Waals surface area (Å²) in [5, 5.41) is 11.2. The number of nitrogens with zero attached hydrogens (tertiary/aromatic N) is 4. The lowest BCUT2D eigenvalue weighted by molar-refractivity contribution is 0.182. The van der Waals surface area contributed by atoms with Gasteiger partial charge in [-0.2, -0.15) is 5.10 Å². The highest BCUT2D eigenvalue weighted by atomic mass is 19.1. The van der Waals surface area contributed by atoms with Crippen LogP contribution in [0.4, 0.5) is 15.0 Å². The molecule has 142 valence electrons. The molecule has 2 heterocycles. The van der Waals surface area contributed by atoms with E-state index in [1.54, 1.807) is 23.2 Å². The summed E-state index contributed by atoms with van der Waals surface area (Å²) in [6, 6.07) is 10.7. The predicted molar refractivity (Wildman–Crippen MR) is 101 cm³/mol. The molecule has 1 aromatic heterocycles. The number of carbonyl (C=O) groups is 1. The third-order valence-electron chi connectivity index (χ3n) is 5.55. The lowest BCUT2D eigenvalue weighted by Gasteiger charge is -2.38. The van der Waals surface area contributed by atoms with E-state index in [0.29, 0.717) is 5.56 Å². The van der Waals surface area contributed by atoms with Gasteiger partial charge in [0.2, 0.25) is 0 Å². The third kappa shape index (κ3) is 3.86. The van der Waals surface area contributed by atoms with E-state index in [4.69, 9.17) is 0 Å². The first-order chi connectivity index (χ1) is 13.1. The van der Waals surface area contributed by atoms with Gasteiger partial charge in [-0.1, -0.05) is 18.2 Å². The highest BCUT2D eigenvalue weighted by Crippen LogP contribution is 2.41. The topological polar surface area (TPSA) is 61.4 Å². The molecule has 1 saturated carbocycles. The summed E-state index contributed by atoms with van der Waals surface area (Å²) in [7, 11) is 1.83. The molecule has 1 aliphatic carbocycles. The van der Waals surface area contributed by atoms with Crippen LogP contribution in [-0.4, -0.2) is 53.3 Å². The van der Waals surface area contributed by atoms with E-state index in [2.05, 4.69) is 20.4 Å². The molecule has 0 unspecified atom stereocenters. The Kier molecular flexibility index (Phi) is 4.92. The van der Waals surface area contributed by atoms with Crippen molar-refractivity contribution in [3.8, 4) is 0 Å². The van der Waals surface area contributed by atoms with Crippen molar-refractivity contribution in [3.05, 3.63) is 54.0 Å². The molecule has 2 aliphatic rings. The van der Waals surface area contributed by atoms with Gasteiger partial charge >= 0.3 is 6.03 Å². The van der Waals surface area contributed by atoms with Crippen LogP contribution in [0.1, 0.15) is 30.7 Å². The maximum atomic E-state index is 13.9. The van der Waals surface area contributed by atoms with Crippen LogP contribution in [0.25, 0.3) is 0 Å². The van der Waals surface area contributed by atoms with Crippen molar-refractivity contribution in [2.75, 3.05) is 25.0 Å². The molecular formula is C20H24FN5O. The number of anilines is 1. The Bertz CT molecular complexity index is 802. The van der Waals surface area contributed by atoms with Crippen molar-refractivity contribution in [3.63, 3.8) is 0 Å². The largest absolute Gasteiger partial charge is 0.353 e. The number of aromatic nitrogens is 2. The molecule has 2 fully saturated rings. The molecule has 6 nitrogen and oxygen atoms in total. The van der Waals surface area contributed by atoms with E-state index >= 15 is 0 Å². The number of nitrogens with one attached hydrogen (secondary N) is 1. The first-order valence-corrected chi connectivity index (χ1v) is 9.44. The second-order valence-corrected chi connectivity index (χ2v) is 7.35. The van der Waals surface area contributed by atoms with Crippen LogP contribution in [0.5, 0.6) is 0 Å². The second kappa shape index (κ2) is 7.50. The average molecular weight is 369 g/mol. The highest BCUT2D eigenvalue weighted by Gasteiger charge is 2.42. The van der Waals surface area contributed by atoms with Crippen molar-refractivity contribution in [2.45, 2.75) is 37.3 Å². The fourth-order valence-electron chi connectivity index (χ4n) is 3.84. The lowest BCUT2D eigenvalue weighted by Crippen LogP contribution is -2.52. The van der Waals surface area contributed by atoms with Gasteiger partial charge in [0, 0.05) is 38.3 Å². The molecular weight excluding hydrogens is 345 g/mol. The molecule has 1 N–H and O–H groups in total. The van der Waals surface area contributed by atoms with Crippen molar-refractivity contribution >= 4 is 11.8 Å². The van der Waals surface area contributed by atoms with Gasteiger partial charge in [0.15, 0.2) is 5.82 Å². The first-order valence-electron chi connectivity index (χ1n) is 9.44. The molecule has 1 aliphatic heterocycles. The van der Waals surface area contributed by atoms with Gasteiger partial charge in [-0.25, -0.2) is 9.18 Å². The molecule has 0 radical (unpaired) electrons. The van der Waals surface area contributed by atoms with Gasteiger partial charge in [-0.3, -0.25) is 0 Å².